The molecule has 5 heteroatoms. The van der Waals surface area contributed by atoms with Gasteiger partial charge in [0.1, 0.15) is 0 Å². The summed E-state index contributed by atoms with van der Waals surface area (Å²) in [5.41, 5.74) is 0. The zero-order valence-electron chi connectivity index (χ0n) is 11.6. The van der Waals surface area contributed by atoms with Crippen molar-refractivity contribution in [2.75, 3.05) is 19.6 Å². The van der Waals surface area contributed by atoms with E-state index in [1.54, 1.807) is 4.90 Å². The minimum absolute atomic E-state index is 0.00435. The van der Waals surface area contributed by atoms with Gasteiger partial charge < -0.3 is 14.9 Å². The van der Waals surface area contributed by atoms with E-state index in [0.717, 1.165) is 25.8 Å². The van der Waals surface area contributed by atoms with Gasteiger partial charge in [0, 0.05) is 25.7 Å². The van der Waals surface area contributed by atoms with E-state index in [1.807, 2.05) is 11.8 Å². The van der Waals surface area contributed by atoms with Crippen LogP contribution in [0.2, 0.25) is 0 Å². The molecule has 5 nitrogen and oxygen atoms in total. The van der Waals surface area contributed by atoms with Gasteiger partial charge in [0.05, 0.1) is 5.92 Å². The molecule has 0 aromatic heterocycles. The molecule has 104 valence electrons. The monoisotopic (exact) mass is 256 g/mol. The number of likely N-dealkylation sites (tertiary alicyclic amines) is 1. The normalized spacial score (nSPS) is 17.2. The lowest BCUT2D eigenvalue weighted by Crippen LogP contribution is -2.58. The number of carbonyl (C=O) groups excluding carboxylic acids is 1. The predicted octanol–water partition coefficient (Wildman–Crippen LogP) is 2.02. The van der Waals surface area contributed by atoms with Crippen molar-refractivity contribution in [2.45, 2.75) is 46.1 Å². The first-order valence-electron chi connectivity index (χ1n) is 6.79. The van der Waals surface area contributed by atoms with Crippen LogP contribution in [-0.4, -0.2) is 52.6 Å². The number of hydrogen-bond acceptors (Lipinski definition) is 2. The van der Waals surface area contributed by atoms with Crippen LogP contribution in [0.5, 0.6) is 0 Å². The zero-order valence-corrected chi connectivity index (χ0v) is 11.6. The Labute approximate surface area is 109 Å². The average molecular weight is 256 g/mol. The van der Waals surface area contributed by atoms with E-state index in [-0.39, 0.29) is 18.0 Å². The summed E-state index contributed by atoms with van der Waals surface area (Å²) in [4.78, 5) is 26.5. The van der Waals surface area contributed by atoms with E-state index in [1.165, 1.54) is 0 Å². The highest BCUT2D eigenvalue weighted by molar-refractivity contribution is 5.80. The van der Waals surface area contributed by atoms with Crippen LogP contribution in [0.15, 0.2) is 0 Å². The van der Waals surface area contributed by atoms with E-state index < -0.39 is 5.97 Å². The summed E-state index contributed by atoms with van der Waals surface area (Å²) in [6.45, 7) is 7.68. The molecule has 0 aromatic rings. The number of nitrogens with zero attached hydrogens (tertiary/aromatic N) is 2. The molecule has 1 unspecified atom stereocenters. The predicted molar refractivity (Wildman–Crippen MR) is 69.5 cm³/mol. The van der Waals surface area contributed by atoms with Gasteiger partial charge in [0.25, 0.3) is 0 Å². The van der Waals surface area contributed by atoms with Gasteiger partial charge in [-0.25, -0.2) is 4.79 Å². The van der Waals surface area contributed by atoms with Gasteiger partial charge in [0.15, 0.2) is 0 Å². The van der Waals surface area contributed by atoms with E-state index in [0.29, 0.717) is 13.1 Å². The molecular weight excluding hydrogens is 232 g/mol. The maximum atomic E-state index is 12.3. The lowest BCUT2D eigenvalue weighted by molar-refractivity contribution is -0.146. The summed E-state index contributed by atoms with van der Waals surface area (Å²) in [7, 11) is 0. The summed E-state index contributed by atoms with van der Waals surface area (Å²) in [5.74, 6) is -1.18. The number of unbranched alkanes of at least 4 members (excludes halogenated alkanes) is 1. The molecule has 1 saturated heterocycles. The zero-order chi connectivity index (χ0) is 13.7. The van der Waals surface area contributed by atoms with Gasteiger partial charge in [-0.3, -0.25) is 4.79 Å². The SMILES string of the molecule is CCCCN(C(=O)N1CC(C(=O)O)C1)C(C)CC. The molecule has 0 bridgehead atoms. The molecule has 1 N–H and O–H groups in total. The van der Waals surface area contributed by atoms with Gasteiger partial charge in [-0.2, -0.15) is 0 Å². The van der Waals surface area contributed by atoms with E-state index in [9.17, 15) is 9.59 Å². The van der Waals surface area contributed by atoms with Crippen LogP contribution in [0.1, 0.15) is 40.0 Å². The first-order valence-corrected chi connectivity index (χ1v) is 6.79. The number of carboxylic acid groups (broad SMARTS) is 1. The third-order valence-electron chi connectivity index (χ3n) is 3.62. The Hall–Kier alpha value is -1.26. The second kappa shape index (κ2) is 6.61. The molecule has 1 rings (SSSR count). The Balaban J connectivity index is 2.52. The fraction of sp³-hybridized carbons (Fsp3) is 0.846. The second-order valence-corrected chi connectivity index (χ2v) is 5.03. The maximum absolute atomic E-state index is 12.3. The summed E-state index contributed by atoms with van der Waals surface area (Å²) in [6, 6.07) is 0.211. The fourth-order valence-corrected chi connectivity index (χ4v) is 2.03. The van der Waals surface area contributed by atoms with Crippen LogP contribution in [0.25, 0.3) is 0 Å². The Morgan fingerprint density at radius 3 is 2.44 bits per heavy atom. The topological polar surface area (TPSA) is 60.9 Å². The van der Waals surface area contributed by atoms with Crippen molar-refractivity contribution in [3.05, 3.63) is 0 Å². The lowest BCUT2D eigenvalue weighted by atomic mass is 10.0. The van der Waals surface area contributed by atoms with Gasteiger partial charge in [-0.05, 0) is 19.8 Å². The molecule has 18 heavy (non-hydrogen) atoms. The minimum Gasteiger partial charge on any atom is -0.481 e. The Bertz CT molecular complexity index is 301. The van der Waals surface area contributed by atoms with Gasteiger partial charge in [0.2, 0.25) is 0 Å². The number of carboxylic acids is 1. The number of amides is 2. The maximum Gasteiger partial charge on any atom is 0.320 e. The molecule has 0 spiro atoms. The summed E-state index contributed by atoms with van der Waals surface area (Å²) in [6.07, 6.45) is 2.97. The van der Waals surface area contributed by atoms with Crippen LogP contribution in [-0.2, 0) is 4.79 Å². The molecule has 1 atom stereocenters. The molecule has 1 aliphatic rings. The Morgan fingerprint density at radius 1 is 1.39 bits per heavy atom. The first kappa shape index (κ1) is 14.8. The number of urea groups is 1. The van der Waals surface area contributed by atoms with Crippen LogP contribution in [0, 0.1) is 5.92 Å². The molecule has 1 aliphatic heterocycles. The highest BCUT2D eigenvalue weighted by Crippen LogP contribution is 2.19. The highest BCUT2D eigenvalue weighted by Gasteiger charge is 2.38. The summed E-state index contributed by atoms with van der Waals surface area (Å²) < 4.78 is 0. The third kappa shape index (κ3) is 3.37. The van der Waals surface area contributed by atoms with Crippen molar-refractivity contribution in [1.82, 2.24) is 9.80 Å². The number of carbonyl (C=O) groups is 2. The Morgan fingerprint density at radius 2 is 2.00 bits per heavy atom. The van der Waals surface area contributed by atoms with E-state index in [4.69, 9.17) is 5.11 Å². The van der Waals surface area contributed by atoms with E-state index in [2.05, 4.69) is 13.8 Å². The van der Waals surface area contributed by atoms with Crippen LogP contribution >= 0.6 is 0 Å². The summed E-state index contributed by atoms with van der Waals surface area (Å²) >= 11 is 0. The van der Waals surface area contributed by atoms with Gasteiger partial charge in [-0.15, -0.1) is 0 Å². The number of rotatable bonds is 6. The molecule has 2 amide bonds. The van der Waals surface area contributed by atoms with Crippen molar-refractivity contribution < 1.29 is 14.7 Å². The molecule has 0 saturated carbocycles. The smallest absolute Gasteiger partial charge is 0.320 e. The van der Waals surface area contributed by atoms with Gasteiger partial charge >= 0.3 is 12.0 Å². The Kier molecular flexibility index (Phi) is 5.44. The van der Waals surface area contributed by atoms with Crippen molar-refractivity contribution in [3.8, 4) is 0 Å². The first-order chi connectivity index (χ1) is 8.51. The molecule has 0 radical (unpaired) electrons. The van der Waals surface area contributed by atoms with E-state index >= 15 is 0 Å². The lowest BCUT2D eigenvalue weighted by Gasteiger charge is -2.41. The second-order valence-electron chi connectivity index (χ2n) is 5.03. The minimum atomic E-state index is -0.803. The average Bonchev–Trinajstić information content (AvgIpc) is 2.26. The fourth-order valence-electron chi connectivity index (χ4n) is 2.03. The van der Waals surface area contributed by atoms with Crippen LogP contribution in [0.4, 0.5) is 4.79 Å². The van der Waals surface area contributed by atoms with Gasteiger partial charge in [-0.1, -0.05) is 20.3 Å². The van der Waals surface area contributed by atoms with Crippen molar-refractivity contribution in [3.63, 3.8) is 0 Å². The van der Waals surface area contributed by atoms with Crippen molar-refractivity contribution >= 4 is 12.0 Å². The quantitative estimate of drug-likeness (QED) is 0.791. The van der Waals surface area contributed by atoms with Crippen LogP contribution < -0.4 is 0 Å². The highest BCUT2D eigenvalue weighted by atomic mass is 16.4. The number of aliphatic carboxylic acids is 1. The van der Waals surface area contributed by atoms with Crippen molar-refractivity contribution in [2.24, 2.45) is 5.92 Å². The van der Waals surface area contributed by atoms with Crippen molar-refractivity contribution in [1.29, 1.82) is 0 Å². The van der Waals surface area contributed by atoms with Crippen LogP contribution in [0.3, 0.4) is 0 Å². The molecule has 0 aliphatic carbocycles. The standard InChI is InChI=1S/C13H24N2O3/c1-4-6-7-15(10(3)5-2)13(18)14-8-11(9-14)12(16)17/h10-11H,4-9H2,1-3H3,(H,16,17). The molecule has 1 heterocycles. The largest absolute Gasteiger partial charge is 0.481 e. The molecule has 1 fully saturated rings. The molecular formula is C13H24N2O3. The third-order valence-corrected chi connectivity index (χ3v) is 3.62. The number of hydrogen-bond donors (Lipinski definition) is 1. The molecule has 0 aromatic carbocycles. The summed E-state index contributed by atoms with van der Waals surface area (Å²) in [5, 5.41) is 8.82.